The van der Waals surface area contributed by atoms with Gasteiger partial charge in [-0.3, -0.25) is 4.79 Å². The minimum atomic E-state index is -2.98. The van der Waals surface area contributed by atoms with E-state index in [1.54, 1.807) is 13.0 Å². The normalized spacial score (nSPS) is 15.3. The summed E-state index contributed by atoms with van der Waals surface area (Å²) in [7, 11) is 0. The second kappa shape index (κ2) is 8.57. The number of halogens is 2. The van der Waals surface area contributed by atoms with Gasteiger partial charge in [-0.2, -0.15) is 8.78 Å². The lowest BCUT2D eigenvalue weighted by molar-refractivity contribution is -0.0514. The smallest absolute Gasteiger partial charge is 0.387 e. The number of benzene rings is 2. The third-order valence-corrected chi connectivity index (χ3v) is 3.78. The van der Waals surface area contributed by atoms with E-state index in [1.165, 1.54) is 18.2 Å². The summed E-state index contributed by atoms with van der Waals surface area (Å²) >= 11 is 0. The molecule has 144 valence electrons. The number of carbonyl (C=O) groups is 1. The van der Waals surface area contributed by atoms with Crippen molar-refractivity contribution in [2.45, 2.75) is 19.6 Å². The first kappa shape index (κ1) is 18.8. The van der Waals surface area contributed by atoms with E-state index in [2.05, 4.69) is 10.1 Å². The van der Waals surface area contributed by atoms with Gasteiger partial charge < -0.3 is 24.3 Å². The van der Waals surface area contributed by atoms with Crippen LogP contribution in [0.5, 0.6) is 23.0 Å². The van der Waals surface area contributed by atoms with Gasteiger partial charge in [0, 0.05) is 5.56 Å². The second-order valence-corrected chi connectivity index (χ2v) is 5.68. The maximum atomic E-state index is 12.4. The minimum Gasteiger partial charge on any atom is -0.490 e. The monoisotopic (exact) mass is 379 g/mol. The van der Waals surface area contributed by atoms with Crippen molar-refractivity contribution in [1.29, 1.82) is 0 Å². The van der Waals surface area contributed by atoms with E-state index in [9.17, 15) is 13.6 Å². The molecule has 3 rings (SSSR count). The number of hydrogen-bond donors (Lipinski definition) is 1. The molecule has 2 aromatic rings. The summed E-state index contributed by atoms with van der Waals surface area (Å²) < 4.78 is 45.9. The van der Waals surface area contributed by atoms with Gasteiger partial charge in [0.15, 0.2) is 23.0 Å². The zero-order valence-electron chi connectivity index (χ0n) is 14.6. The van der Waals surface area contributed by atoms with Crippen LogP contribution >= 0.6 is 0 Å². The van der Waals surface area contributed by atoms with Gasteiger partial charge in [-0.25, -0.2) is 0 Å². The first-order valence-corrected chi connectivity index (χ1v) is 8.45. The average molecular weight is 379 g/mol. The Hall–Kier alpha value is -3.03. The van der Waals surface area contributed by atoms with Crippen LogP contribution in [0, 0.1) is 0 Å². The summed E-state index contributed by atoms with van der Waals surface area (Å²) in [5.41, 5.74) is 0.261. The molecule has 0 radical (unpaired) electrons. The molecule has 0 aromatic heterocycles. The third kappa shape index (κ3) is 4.78. The van der Waals surface area contributed by atoms with E-state index in [0.717, 1.165) is 0 Å². The summed E-state index contributed by atoms with van der Waals surface area (Å²) in [5, 5.41) is 2.74. The molecule has 1 N–H and O–H groups in total. The number of carbonyl (C=O) groups excluding carboxylic acids is 1. The highest BCUT2D eigenvalue weighted by Gasteiger charge is 2.22. The number of rotatable bonds is 7. The summed E-state index contributed by atoms with van der Waals surface area (Å²) in [4.78, 5) is 12.4. The van der Waals surface area contributed by atoms with Gasteiger partial charge in [-0.05, 0) is 37.3 Å². The van der Waals surface area contributed by atoms with Crippen LogP contribution in [-0.4, -0.2) is 38.4 Å². The number of nitrogens with one attached hydrogen (secondary N) is 1. The van der Waals surface area contributed by atoms with Crippen molar-refractivity contribution < 1.29 is 32.5 Å². The number of ether oxygens (including phenoxy) is 4. The fourth-order valence-corrected chi connectivity index (χ4v) is 2.58. The Bertz CT molecular complexity index is 799. The summed E-state index contributed by atoms with van der Waals surface area (Å²) in [6.07, 6.45) is -0.336. The maximum absolute atomic E-state index is 12.4. The molecule has 1 unspecified atom stereocenters. The van der Waals surface area contributed by atoms with Crippen molar-refractivity contribution >= 4 is 5.91 Å². The molecule has 0 saturated carbocycles. The fourth-order valence-electron chi connectivity index (χ4n) is 2.58. The van der Waals surface area contributed by atoms with Crippen molar-refractivity contribution in [3.05, 3.63) is 48.0 Å². The van der Waals surface area contributed by atoms with E-state index in [1.807, 2.05) is 18.2 Å². The maximum Gasteiger partial charge on any atom is 0.387 e. The SMILES string of the molecule is CCOc1cc(C(=O)NCC2COc3ccccc3O2)ccc1OC(F)F. The fraction of sp³-hybridized carbons (Fsp3) is 0.316. The van der Waals surface area contributed by atoms with Gasteiger partial charge >= 0.3 is 6.61 Å². The first-order chi connectivity index (χ1) is 13.1. The van der Waals surface area contributed by atoms with Crippen LogP contribution < -0.4 is 24.3 Å². The van der Waals surface area contributed by atoms with E-state index in [4.69, 9.17) is 14.2 Å². The molecular weight excluding hydrogens is 360 g/mol. The average Bonchev–Trinajstić information content (AvgIpc) is 2.67. The third-order valence-electron chi connectivity index (χ3n) is 3.78. The van der Waals surface area contributed by atoms with Crippen molar-refractivity contribution in [2.75, 3.05) is 19.8 Å². The van der Waals surface area contributed by atoms with Gasteiger partial charge in [-0.15, -0.1) is 0 Å². The van der Waals surface area contributed by atoms with Crippen LogP contribution in [0.4, 0.5) is 8.78 Å². The van der Waals surface area contributed by atoms with Gasteiger partial charge in [0.05, 0.1) is 13.2 Å². The lowest BCUT2D eigenvalue weighted by atomic mass is 10.2. The van der Waals surface area contributed by atoms with Crippen LogP contribution in [0.1, 0.15) is 17.3 Å². The van der Waals surface area contributed by atoms with Crippen LogP contribution in [0.2, 0.25) is 0 Å². The van der Waals surface area contributed by atoms with Crippen molar-refractivity contribution in [3.63, 3.8) is 0 Å². The Balaban J connectivity index is 1.62. The Morgan fingerprint density at radius 1 is 1.22 bits per heavy atom. The Kier molecular flexibility index (Phi) is 5.95. The van der Waals surface area contributed by atoms with Crippen molar-refractivity contribution in [2.24, 2.45) is 0 Å². The number of alkyl halides is 2. The molecule has 0 aliphatic carbocycles. The Labute approximate surface area is 155 Å². The number of amides is 1. The summed E-state index contributed by atoms with van der Waals surface area (Å²) in [6.45, 7) is -0.487. The Morgan fingerprint density at radius 3 is 2.74 bits per heavy atom. The van der Waals surface area contributed by atoms with Crippen molar-refractivity contribution in [3.8, 4) is 23.0 Å². The molecule has 2 aromatic carbocycles. The highest BCUT2D eigenvalue weighted by atomic mass is 19.3. The molecular formula is C19H19F2NO5. The molecule has 8 heteroatoms. The largest absolute Gasteiger partial charge is 0.490 e. The number of para-hydroxylation sites is 2. The quantitative estimate of drug-likeness (QED) is 0.800. The van der Waals surface area contributed by atoms with Gasteiger partial charge in [0.1, 0.15) is 12.7 Å². The van der Waals surface area contributed by atoms with Gasteiger partial charge in [0.25, 0.3) is 5.91 Å². The first-order valence-electron chi connectivity index (χ1n) is 8.45. The molecule has 0 spiro atoms. The van der Waals surface area contributed by atoms with E-state index in [0.29, 0.717) is 18.1 Å². The zero-order chi connectivity index (χ0) is 19.2. The molecule has 1 amide bonds. The minimum absolute atomic E-state index is 0.0802. The molecule has 27 heavy (non-hydrogen) atoms. The van der Waals surface area contributed by atoms with E-state index >= 15 is 0 Å². The molecule has 6 nitrogen and oxygen atoms in total. The van der Waals surface area contributed by atoms with Crippen LogP contribution in [0.15, 0.2) is 42.5 Å². The molecule has 0 bridgehead atoms. The van der Waals surface area contributed by atoms with Crippen LogP contribution in [-0.2, 0) is 0 Å². The summed E-state index contributed by atoms with van der Waals surface area (Å²) in [6, 6.07) is 11.3. The van der Waals surface area contributed by atoms with Gasteiger partial charge in [0.2, 0.25) is 0 Å². The van der Waals surface area contributed by atoms with Gasteiger partial charge in [-0.1, -0.05) is 12.1 Å². The lowest BCUT2D eigenvalue weighted by Gasteiger charge is -2.26. The lowest BCUT2D eigenvalue weighted by Crippen LogP contribution is -2.40. The number of fused-ring (bicyclic) bond motifs is 1. The zero-order valence-corrected chi connectivity index (χ0v) is 14.6. The number of hydrogen-bond acceptors (Lipinski definition) is 5. The predicted molar refractivity (Wildman–Crippen MR) is 92.9 cm³/mol. The second-order valence-electron chi connectivity index (χ2n) is 5.68. The predicted octanol–water partition coefficient (Wildman–Crippen LogP) is 3.26. The highest BCUT2D eigenvalue weighted by molar-refractivity contribution is 5.94. The Morgan fingerprint density at radius 2 is 2.00 bits per heavy atom. The standard InChI is InChI=1S/C19H19F2NO5/c1-2-24-17-9-12(7-8-16(17)27-19(20)21)18(23)22-10-13-11-25-14-5-3-4-6-15(14)26-13/h3-9,13,19H,2,10-11H2,1H3,(H,22,23). The van der Waals surface area contributed by atoms with Crippen LogP contribution in [0.25, 0.3) is 0 Å². The van der Waals surface area contributed by atoms with Crippen LogP contribution in [0.3, 0.4) is 0 Å². The van der Waals surface area contributed by atoms with E-state index < -0.39 is 6.61 Å². The topological polar surface area (TPSA) is 66.0 Å². The molecule has 1 aliphatic rings. The summed E-state index contributed by atoms with van der Waals surface area (Å²) in [5.74, 6) is 0.855. The molecule has 1 atom stereocenters. The molecule has 0 fully saturated rings. The van der Waals surface area contributed by atoms with Crippen molar-refractivity contribution in [1.82, 2.24) is 5.32 Å². The molecule has 1 heterocycles. The molecule has 0 saturated heterocycles. The van der Waals surface area contributed by atoms with E-state index in [-0.39, 0.29) is 42.2 Å². The highest BCUT2D eigenvalue weighted by Crippen LogP contribution is 2.31. The molecule has 1 aliphatic heterocycles.